The lowest BCUT2D eigenvalue weighted by Gasteiger charge is -2.25. The molecule has 0 bridgehead atoms. The van der Waals surface area contributed by atoms with Crippen LogP contribution < -0.4 is 0 Å². The summed E-state index contributed by atoms with van der Waals surface area (Å²) in [6, 6.07) is 0.134. The summed E-state index contributed by atoms with van der Waals surface area (Å²) in [5.41, 5.74) is 0. The Hall–Kier alpha value is -0.410. The Morgan fingerprint density at radius 1 is 1.64 bits per heavy atom. The second-order valence-electron chi connectivity index (χ2n) is 3.04. The number of ketones is 1. The first kappa shape index (κ1) is 8.68. The lowest BCUT2D eigenvalue weighted by molar-refractivity contribution is -0.124. The Morgan fingerprint density at radius 2 is 2.27 bits per heavy atom. The molecule has 0 saturated carbocycles. The lowest BCUT2D eigenvalue weighted by Crippen LogP contribution is -2.40. The van der Waals surface area contributed by atoms with Gasteiger partial charge in [0, 0.05) is 20.1 Å². The van der Waals surface area contributed by atoms with Gasteiger partial charge in [0.1, 0.15) is 5.78 Å². The first-order chi connectivity index (χ1) is 5.16. The van der Waals surface area contributed by atoms with E-state index in [-0.39, 0.29) is 11.8 Å². The van der Waals surface area contributed by atoms with Crippen LogP contribution in [0.5, 0.6) is 0 Å². The molecule has 0 aromatic heterocycles. The summed E-state index contributed by atoms with van der Waals surface area (Å²) < 4.78 is 0. The zero-order valence-corrected chi connectivity index (χ0v) is 7.50. The minimum absolute atomic E-state index is 0.134. The van der Waals surface area contributed by atoms with E-state index >= 15 is 0 Å². The van der Waals surface area contributed by atoms with Gasteiger partial charge in [0.25, 0.3) is 0 Å². The molecule has 0 amide bonds. The second kappa shape index (κ2) is 3.32. The molecule has 0 spiro atoms. The first-order valence-electron chi connectivity index (χ1n) is 4.15. The van der Waals surface area contributed by atoms with E-state index in [0.717, 1.165) is 19.5 Å². The Morgan fingerprint density at radius 3 is 2.55 bits per heavy atom. The molecule has 11 heavy (non-hydrogen) atoms. The van der Waals surface area contributed by atoms with E-state index in [0.29, 0.717) is 0 Å². The van der Waals surface area contributed by atoms with Crippen LogP contribution in [0.1, 0.15) is 20.3 Å². The molecule has 64 valence electrons. The molecule has 0 aliphatic carbocycles. The predicted molar refractivity (Wildman–Crippen MR) is 44.1 cm³/mol. The molecule has 1 unspecified atom stereocenters. The number of rotatable bonds is 2. The molecule has 1 saturated heterocycles. The molecule has 0 aromatic carbocycles. The van der Waals surface area contributed by atoms with Gasteiger partial charge in [-0.1, -0.05) is 6.92 Å². The van der Waals surface area contributed by atoms with Gasteiger partial charge in [0.15, 0.2) is 0 Å². The van der Waals surface area contributed by atoms with Crippen LogP contribution >= 0.6 is 0 Å². The van der Waals surface area contributed by atoms with Crippen molar-refractivity contribution in [2.24, 2.45) is 0 Å². The molecule has 1 fully saturated rings. The van der Waals surface area contributed by atoms with Crippen molar-refractivity contribution in [2.45, 2.75) is 26.3 Å². The maximum atomic E-state index is 11.0. The molecule has 0 radical (unpaired) electrons. The SMILES string of the molecule is CCN1CCC(C(C)=O)N1C. The highest BCUT2D eigenvalue weighted by Gasteiger charge is 2.29. The van der Waals surface area contributed by atoms with Crippen LogP contribution in [-0.2, 0) is 4.79 Å². The summed E-state index contributed by atoms with van der Waals surface area (Å²) in [6.07, 6.45) is 0.986. The molecule has 1 rings (SSSR count). The zero-order chi connectivity index (χ0) is 8.43. The molecule has 1 heterocycles. The number of hydrogen-bond acceptors (Lipinski definition) is 3. The standard InChI is InChI=1S/C8H16N2O/c1-4-10-6-5-8(7(2)11)9(10)3/h8H,4-6H2,1-3H3. The first-order valence-corrected chi connectivity index (χ1v) is 4.15. The van der Waals surface area contributed by atoms with Gasteiger partial charge in [-0.2, -0.15) is 0 Å². The van der Waals surface area contributed by atoms with Gasteiger partial charge in [-0.15, -0.1) is 0 Å². The van der Waals surface area contributed by atoms with E-state index in [4.69, 9.17) is 0 Å². The second-order valence-corrected chi connectivity index (χ2v) is 3.04. The Labute approximate surface area is 67.9 Å². The summed E-state index contributed by atoms with van der Waals surface area (Å²) in [5, 5.41) is 4.26. The molecule has 1 aliphatic heterocycles. The maximum absolute atomic E-state index is 11.0. The molecule has 3 nitrogen and oxygen atoms in total. The zero-order valence-electron chi connectivity index (χ0n) is 7.50. The van der Waals surface area contributed by atoms with Crippen molar-refractivity contribution in [1.82, 2.24) is 10.0 Å². The third kappa shape index (κ3) is 1.60. The van der Waals surface area contributed by atoms with E-state index in [1.165, 1.54) is 0 Å². The van der Waals surface area contributed by atoms with E-state index in [1.807, 2.05) is 7.05 Å². The fraction of sp³-hybridized carbons (Fsp3) is 0.875. The smallest absolute Gasteiger partial charge is 0.148 e. The highest BCUT2D eigenvalue weighted by molar-refractivity contribution is 5.81. The minimum atomic E-state index is 0.134. The van der Waals surface area contributed by atoms with Gasteiger partial charge in [-0.25, -0.2) is 10.0 Å². The summed E-state index contributed by atoms with van der Waals surface area (Å²) in [5.74, 6) is 0.281. The van der Waals surface area contributed by atoms with Gasteiger partial charge in [-0.3, -0.25) is 4.79 Å². The van der Waals surface area contributed by atoms with Crippen molar-refractivity contribution in [3.63, 3.8) is 0 Å². The fourth-order valence-corrected chi connectivity index (χ4v) is 1.66. The summed E-state index contributed by atoms with van der Waals surface area (Å²) >= 11 is 0. The van der Waals surface area contributed by atoms with Crippen molar-refractivity contribution < 1.29 is 4.79 Å². The highest BCUT2D eigenvalue weighted by Crippen LogP contribution is 2.15. The third-order valence-electron chi connectivity index (χ3n) is 2.39. The molecule has 1 aliphatic rings. The number of hydrogen-bond donors (Lipinski definition) is 0. The lowest BCUT2D eigenvalue weighted by atomic mass is 10.1. The van der Waals surface area contributed by atoms with Gasteiger partial charge in [-0.05, 0) is 13.3 Å². The Kier molecular flexibility index (Phi) is 2.62. The van der Waals surface area contributed by atoms with Crippen molar-refractivity contribution in [3.05, 3.63) is 0 Å². The van der Waals surface area contributed by atoms with E-state index in [9.17, 15) is 4.79 Å². The number of carbonyl (C=O) groups excluding carboxylic acids is 1. The Bertz CT molecular complexity index is 158. The topological polar surface area (TPSA) is 23.6 Å². The number of Topliss-reactive ketones (excluding diaryl/α,β-unsaturated/α-hetero) is 1. The van der Waals surface area contributed by atoms with Crippen LogP contribution in [0.2, 0.25) is 0 Å². The number of carbonyl (C=O) groups is 1. The number of nitrogens with zero attached hydrogens (tertiary/aromatic N) is 2. The van der Waals surface area contributed by atoms with Gasteiger partial charge >= 0.3 is 0 Å². The quantitative estimate of drug-likeness (QED) is 0.582. The normalized spacial score (nSPS) is 27.7. The fourth-order valence-electron chi connectivity index (χ4n) is 1.66. The molecular formula is C8H16N2O. The van der Waals surface area contributed by atoms with Crippen LogP contribution in [0, 0.1) is 0 Å². The van der Waals surface area contributed by atoms with Crippen LogP contribution in [-0.4, -0.2) is 42.0 Å². The van der Waals surface area contributed by atoms with Crippen molar-refractivity contribution in [2.75, 3.05) is 20.1 Å². The predicted octanol–water partition coefficient (Wildman–Crippen LogP) is 0.516. The minimum Gasteiger partial charge on any atom is -0.298 e. The average Bonchev–Trinajstić information content (AvgIpc) is 2.30. The van der Waals surface area contributed by atoms with Crippen molar-refractivity contribution >= 4 is 5.78 Å². The van der Waals surface area contributed by atoms with Gasteiger partial charge < -0.3 is 0 Å². The summed E-state index contributed by atoms with van der Waals surface area (Å²) in [6.45, 7) is 5.80. The highest BCUT2D eigenvalue weighted by atomic mass is 16.1. The van der Waals surface area contributed by atoms with Crippen LogP contribution in [0.3, 0.4) is 0 Å². The van der Waals surface area contributed by atoms with Crippen LogP contribution in [0.4, 0.5) is 0 Å². The number of likely N-dealkylation sites (N-methyl/N-ethyl adjacent to an activating group) is 1. The van der Waals surface area contributed by atoms with E-state index in [2.05, 4.69) is 16.9 Å². The van der Waals surface area contributed by atoms with Gasteiger partial charge in [0.05, 0.1) is 6.04 Å². The average molecular weight is 156 g/mol. The largest absolute Gasteiger partial charge is 0.298 e. The molecular weight excluding hydrogens is 140 g/mol. The van der Waals surface area contributed by atoms with Crippen molar-refractivity contribution in [1.29, 1.82) is 0 Å². The monoisotopic (exact) mass is 156 g/mol. The molecule has 0 N–H and O–H groups in total. The van der Waals surface area contributed by atoms with Crippen molar-refractivity contribution in [3.8, 4) is 0 Å². The number of hydrazine groups is 1. The van der Waals surface area contributed by atoms with Crippen LogP contribution in [0.15, 0.2) is 0 Å². The molecule has 1 atom stereocenters. The van der Waals surface area contributed by atoms with E-state index in [1.54, 1.807) is 6.92 Å². The molecule has 3 heteroatoms. The summed E-state index contributed by atoms with van der Waals surface area (Å²) in [4.78, 5) is 11.0. The van der Waals surface area contributed by atoms with Crippen LogP contribution in [0.25, 0.3) is 0 Å². The summed E-state index contributed by atoms with van der Waals surface area (Å²) in [7, 11) is 1.99. The maximum Gasteiger partial charge on any atom is 0.148 e. The third-order valence-corrected chi connectivity index (χ3v) is 2.39. The Balaban J connectivity index is 2.55. The molecule has 0 aromatic rings. The van der Waals surface area contributed by atoms with E-state index < -0.39 is 0 Å². The van der Waals surface area contributed by atoms with Gasteiger partial charge in [0.2, 0.25) is 0 Å².